The smallest absolute Gasteiger partial charge is 0.332 e. The molecule has 27 heavy (non-hydrogen) atoms. The van der Waals surface area contributed by atoms with Crippen LogP contribution in [0.5, 0.6) is 0 Å². The van der Waals surface area contributed by atoms with Crippen LogP contribution in [0.3, 0.4) is 0 Å². The van der Waals surface area contributed by atoms with E-state index in [1.807, 2.05) is 62.4 Å². The molecule has 2 aromatic carbocycles. The van der Waals surface area contributed by atoms with Crippen LogP contribution in [0, 0.1) is 6.92 Å². The second-order valence-electron chi connectivity index (χ2n) is 6.92. The van der Waals surface area contributed by atoms with Gasteiger partial charge in [-0.2, -0.15) is 0 Å². The van der Waals surface area contributed by atoms with Crippen LogP contribution in [0.4, 0.5) is 0 Å². The summed E-state index contributed by atoms with van der Waals surface area (Å²) in [5, 5.41) is 3.02. The van der Waals surface area contributed by atoms with Crippen LogP contribution in [-0.2, 0) is 22.4 Å². The number of carbonyl (C=O) groups excluding carboxylic acids is 2. The highest BCUT2D eigenvalue weighted by Crippen LogP contribution is 2.32. The average molecular weight is 363 g/mol. The first-order chi connectivity index (χ1) is 13.0. The third-order valence-corrected chi connectivity index (χ3v) is 5.02. The van der Waals surface area contributed by atoms with E-state index in [4.69, 9.17) is 4.74 Å². The van der Waals surface area contributed by atoms with E-state index in [9.17, 15) is 9.59 Å². The number of hydrogen-bond acceptors (Lipinski definition) is 3. The minimum Gasteiger partial charge on any atom is -0.464 e. The Labute approximate surface area is 160 Å². The van der Waals surface area contributed by atoms with Crippen LogP contribution in [0.2, 0.25) is 0 Å². The molecule has 0 aliphatic heterocycles. The molecular formula is C23H25NO3. The van der Waals surface area contributed by atoms with Crippen LogP contribution in [0.15, 0.2) is 48.5 Å². The first-order valence-corrected chi connectivity index (χ1v) is 9.29. The monoisotopic (exact) mass is 363 g/mol. The lowest BCUT2D eigenvalue weighted by Crippen LogP contribution is -2.56. The van der Waals surface area contributed by atoms with Crippen LogP contribution >= 0.6 is 0 Å². The first kappa shape index (κ1) is 18.9. The van der Waals surface area contributed by atoms with Gasteiger partial charge in [0.1, 0.15) is 5.54 Å². The van der Waals surface area contributed by atoms with Crippen molar-refractivity contribution in [2.45, 2.75) is 39.2 Å². The van der Waals surface area contributed by atoms with Crippen molar-refractivity contribution in [3.63, 3.8) is 0 Å². The van der Waals surface area contributed by atoms with Crippen molar-refractivity contribution in [3.05, 3.63) is 76.4 Å². The highest BCUT2D eigenvalue weighted by molar-refractivity contribution is 6.01. The number of hydrogen-bond donors (Lipinski definition) is 1. The molecule has 0 radical (unpaired) electrons. The predicted octanol–water partition coefficient (Wildman–Crippen LogP) is 3.86. The number of benzene rings is 2. The number of aryl methyl sites for hydroxylation is 1. The number of ether oxygens (including phenoxy) is 1. The van der Waals surface area contributed by atoms with Crippen molar-refractivity contribution in [1.82, 2.24) is 5.32 Å². The molecule has 0 unspecified atom stereocenters. The number of allylic oxidation sites excluding steroid dienone is 1. The van der Waals surface area contributed by atoms with E-state index >= 15 is 0 Å². The maximum absolute atomic E-state index is 13.2. The topological polar surface area (TPSA) is 55.4 Å². The average Bonchev–Trinajstić information content (AvgIpc) is 3.03. The zero-order valence-corrected chi connectivity index (χ0v) is 16.0. The number of nitrogens with one attached hydrogen (secondary N) is 1. The van der Waals surface area contributed by atoms with Crippen LogP contribution in [-0.4, -0.2) is 24.0 Å². The molecule has 3 rings (SSSR count). The molecule has 0 bridgehead atoms. The van der Waals surface area contributed by atoms with Gasteiger partial charge < -0.3 is 10.1 Å². The standard InChI is InChI=1S/C23H25NO3/c1-4-9-19-16(3)10-8-13-20(19)21(25)24-23(22(26)27-5-2)14-17-11-6-7-12-18(17)15-23/h4,6-13H,5,14-15H2,1-3H3,(H,24,25)/b9-4-. The highest BCUT2D eigenvalue weighted by atomic mass is 16.5. The molecule has 4 nitrogen and oxygen atoms in total. The molecule has 0 aromatic heterocycles. The molecule has 2 aromatic rings. The number of carbonyl (C=O) groups is 2. The lowest BCUT2D eigenvalue weighted by molar-refractivity contribution is -0.150. The van der Waals surface area contributed by atoms with Gasteiger partial charge in [0.25, 0.3) is 5.91 Å². The zero-order chi connectivity index (χ0) is 19.4. The van der Waals surface area contributed by atoms with E-state index in [2.05, 4.69) is 5.32 Å². The summed E-state index contributed by atoms with van der Waals surface area (Å²) in [5.74, 6) is -0.637. The highest BCUT2D eigenvalue weighted by Gasteiger charge is 2.46. The van der Waals surface area contributed by atoms with Crippen molar-refractivity contribution in [2.75, 3.05) is 6.61 Å². The Balaban J connectivity index is 1.96. The van der Waals surface area contributed by atoms with Crippen molar-refractivity contribution in [3.8, 4) is 0 Å². The molecule has 0 saturated carbocycles. The SMILES string of the molecule is C/C=C\c1c(C)cccc1C(=O)NC1(C(=O)OCC)Cc2ccccc2C1. The lowest BCUT2D eigenvalue weighted by atomic mass is 9.93. The van der Waals surface area contributed by atoms with E-state index in [1.165, 1.54) is 0 Å². The third-order valence-electron chi connectivity index (χ3n) is 5.02. The Kier molecular flexibility index (Phi) is 5.45. The van der Waals surface area contributed by atoms with Gasteiger partial charge in [-0.3, -0.25) is 4.79 Å². The zero-order valence-electron chi connectivity index (χ0n) is 16.0. The Morgan fingerprint density at radius 1 is 1.11 bits per heavy atom. The molecule has 140 valence electrons. The molecule has 1 aliphatic rings. The van der Waals surface area contributed by atoms with E-state index < -0.39 is 5.54 Å². The molecular weight excluding hydrogens is 338 g/mol. The molecule has 4 heteroatoms. The maximum atomic E-state index is 13.2. The van der Waals surface area contributed by atoms with Gasteiger partial charge in [-0.15, -0.1) is 0 Å². The van der Waals surface area contributed by atoms with E-state index in [1.54, 1.807) is 13.0 Å². The number of fused-ring (bicyclic) bond motifs is 1. The fourth-order valence-corrected chi connectivity index (χ4v) is 3.72. The van der Waals surface area contributed by atoms with Gasteiger partial charge in [0, 0.05) is 18.4 Å². The van der Waals surface area contributed by atoms with Crippen molar-refractivity contribution in [2.24, 2.45) is 0 Å². The fourth-order valence-electron chi connectivity index (χ4n) is 3.72. The molecule has 1 aliphatic carbocycles. The molecule has 0 heterocycles. The summed E-state index contributed by atoms with van der Waals surface area (Å²) >= 11 is 0. The van der Waals surface area contributed by atoms with E-state index in [0.717, 1.165) is 22.3 Å². The summed E-state index contributed by atoms with van der Waals surface area (Å²) in [6.45, 7) is 5.95. The van der Waals surface area contributed by atoms with Crippen LogP contribution in [0.25, 0.3) is 6.08 Å². The van der Waals surface area contributed by atoms with Gasteiger partial charge >= 0.3 is 5.97 Å². The van der Waals surface area contributed by atoms with Gasteiger partial charge in [-0.05, 0) is 49.1 Å². The molecule has 1 amide bonds. The van der Waals surface area contributed by atoms with Crippen LogP contribution in [0.1, 0.15) is 46.5 Å². The van der Waals surface area contributed by atoms with Gasteiger partial charge in [0.05, 0.1) is 6.61 Å². The van der Waals surface area contributed by atoms with Crippen molar-refractivity contribution in [1.29, 1.82) is 0 Å². The summed E-state index contributed by atoms with van der Waals surface area (Å²) in [6.07, 6.45) is 4.72. The molecule has 0 spiro atoms. The van der Waals surface area contributed by atoms with Gasteiger partial charge in [-0.25, -0.2) is 4.79 Å². The Bertz CT molecular complexity index is 873. The Morgan fingerprint density at radius 2 is 1.78 bits per heavy atom. The quantitative estimate of drug-likeness (QED) is 0.821. The number of amides is 1. The second-order valence-corrected chi connectivity index (χ2v) is 6.92. The fraction of sp³-hybridized carbons (Fsp3) is 0.304. The normalized spacial score (nSPS) is 14.8. The van der Waals surface area contributed by atoms with Crippen molar-refractivity contribution < 1.29 is 14.3 Å². The molecule has 0 saturated heterocycles. The van der Waals surface area contributed by atoms with E-state index in [0.29, 0.717) is 18.4 Å². The number of rotatable bonds is 5. The molecule has 0 fully saturated rings. The summed E-state index contributed by atoms with van der Waals surface area (Å²) in [6, 6.07) is 13.5. The minimum absolute atomic E-state index is 0.257. The van der Waals surface area contributed by atoms with Gasteiger partial charge in [-0.1, -0.05) is 48.6 Å². The lowest BCUT2D eigenvalue weighted by Gasteiger charge is -2.28. The Morgan fingerprint density at radius 3 is 2.37 bits per heavy atom. The Hall–Kier alpha value is -2.88. The third kappa shape index (κ3) is 3.65. The summed E-state index contributed by atoms with van der Waals surface area (Å²) in [5.41, 5.74) is 3.53. The van der Waals surface area contributed by atoms with Crippen LogP contribution < -0.4 is 5.32 Å². The first-order valence-electron chi connectivity index (χ1n) is 9.29. The maximum Gasteiger partial charge on any atom is 0.332 e. The van der Waals surface area contributed by atoms with E-state index in [-0.39, 0.29) is 18.5 Å². The van der Waals surface area contributed by atoms with Gasteiger partial charge in [0.15, 0.2) is 0 Å². The minimum atomic E-state index is -1.06. The van der Waals surface area contributed by atoms with Crippen molar-refractivity contribution >= 4 is 18.0 Å². The summed E-state index contributed by atoms with van der Waals surface area (Å²) < 4.78 is 5.33. The summed E-state index contributed by atoms with van der Waals surface area (Å²) in [7, 11) is 0. The summed E-state index contributed by atoms with van der Waals surface area (Å²) in [4.78, 5) is 26.0. The predicted molar refractivity (Wildman–Crippen MR) is 107 cm³/mol. The second kappa shape index (κ2) is 7.78. The number of esters is 1. The molecule has 1 N–H and O–H groups in total. The largest absolute Gasteiger partial charge is 0.464 e. The van der Waals surface area contributed by atoms with Gasteiger partial charge in [0.2, 0.25) is 0 Å². The molecule has 0 atom stereocenters.